The van der Waals surface area contributed by atoms with E-state index in [-0.39, 0.29) is 0 Å². The van der Waals surface area contributed by atoms with Crippen LogP contribution in [0.4, 0.5) is 0 Å². The van der Waals surface area contributed by atoms with E-state index in [0.717, 1.165) is 5.56 Å². The van der Waals surface area contributed by atoms with Gasteiger partial charge in [0.2, 0.25) is 0 Å². The molecule has 1 rings (SSSR count). The zero-order valence-electron chi connectivity index (χ0n) is 7.24. The Morgan fingerprint density at radius 2 is 1.92 bits per heavy atom. The molecule has 1 aromatic carbocycles. The highest BCUT2D eigenvalue weighted by molar-refractivity contribution is 9.18. The Labute approximate surface area is 85.5 Å². The molecule has 0 heterocycles. The van der Waals surface area contributed by atoms with Crippen molar-refractivity contribution in [3.63, 3.8) is 0 Å². The summed E-state index contributed by atoms with van der Waals surface area (Å²) in [7, 11) is 1.68. The summed E-state index contributed by atoms with van der Waals surface area (Å²) in [4.78, 5) is 8.04. The lowest BCUT2D eigenvalue weighted by Gasteiger charge is -1.98. The highest BCUT2D eigenvalue weighted by Crippen LogP contribution is 2.02. The first kappa shape index (κ1) is 9.92. The van der Waals surface area contributed by atoms with Crippen LogP contribution in [0.2, 0.25) is 0 Å². The van der Waals surface area contributed by atoms with Crippen molar-refractivity contribution in [2.75, 3.05) is 7.05 Å². The number of halogens is 1. The molecule has 0 aliphatic rings. The molecule has 3 nitrogen and oxygen atoms in total. The summed E-state index contributed by atoms with van der Waals surface area (Å²) >= 11 is 3.06. The number of benzene rings is 1. The molecule has 0 aromatic heterocycles. The van der Waals surface area contributed by atoms with Gasteiger partial charge >= 0.3 is 0 Å². The Bertz CT molecular complexity index is 326. The normalized spacial score (nSPS) is 13.1. The molecule has 0 fully saturated rings. The van der Waals surface area contributed by atoms with Crippen LogP contribution in [0.25, 0.3) is 0 Å². The fraction of sp³-hybridized carbons (Fsp3) is 0.111. The van der Waals surface area contributed by atoms with Crippen LogP contribution >= 0.6 is 15.9 Å². The molecule has 13 heavy (non-hydrogen) atoms. The topological polar surface area (TPSA) is 50.7 Å². The third kappa shape index (κ3) is 2.99. The summed E-state index contributed by atoms with van der Waals surface area (Å²) in [5.41, 5.74) is 6.34. The summed E-state index contributed by atoms with van der Waals surface area (Å²) in [5.74, 6) is 0.620. The number of rotatable bonds is 1. The summed E-state index contributed by atoms with van der Waals surface area (Å²) < 4.78 is 0.331. The summed E-state index contributed by atoms with van der Waals surface area (Å²) in [6, 6.07) is 9.67. The third-order valence-electron chi connectivity index (χ3n) is 1.46. The molecule has 0 saturated heterocycles. The van der Waals surface area contributed by atoms with Crippen molar-refractivity contribution >= 4 is 26.5 Å². The second-order valence-electron chi connectivity index (χ2n) is 2.35. The third-order valence-corrected chi connectivity index (χ3v) is 1.63. The number of amidine groups is 2. The van der Waals surface area contributed by atoms with Gasteiger partial charge in [-0.3, -0.25) is 4.99 Å². The van der Waals surface area contributed by atoms with Gasteiger partial charge in [0.05, 0.1) is 0 Å². The van der Waals surface area contributed by atoms with Gasteiger partial charge in [-0.15, -0.1) is 0 Å². The predicted octanol–water partition coefficient (Wildman–Crippen LogP) is 1.77. The Morgan fingerprint density at radius 1 is 1.31 bits per heavy atom. The lowest BCUT2D eigenvalue weighted by Crippen LogP contribution is -2.07. The van der Waals surface area contributed by atoms with Gasteiger partial charge in [0.15, 0.2) is 10.6 Å². The van der Waals surface area contributed by atoms with Gasteiger partial charge in [0.25, 0.3) is 0 Å². The van der Waals surface area contributed by atoms with Crippen molar-refractivity contribution in [3.8, 4) is 0 Å². The van der Waals surface area contributed by atoms with Crippen LogP contribution in [-0.4, -0.2) is 17.6 Å². The minimum absolute atomic E-state index is 0.331. The van der Waals surface area contributed by atoms with E-state index in [4.69, 9.17) is 5.73 Å². The number of hydrogen-bond acceptors (Lipinski definition) is 1. The molecule has 0 bridgehead atoms. The Balaban J connectivity index is 3.00. The number of aliphatic imine (C=N–C) groups is 2. The van der Waals surface area contributed by atoms with Crippen LogP contribution in [0.1, 0.15) is 5.56 Å². The quantitative estimate of drug-likeness (QED) is 0.454. The first-order valence-electron chi connectivity index (χ1n) is 3.76. The van der Waals surface area contributed by atoms with E-state index >= 15 is 0 Å². The molecular weight excluding hydrogens is 230 g/mol. The molecule has 0 spiro atoms. The highest BCUT2D eigenvalue weighted by atomic mass is 79.9. The standard InChI is InChI=1S/C9H10BrN3/c1-12-8(13-9(10)11)7-5-3-2-4-6-7/h2-6H,1H3,(H2,11,12,13). The van der Waals surface area contributed by atoms with E-state index < -0.39 is 0 Å². The SMILES string of the molecule is CN=C(N=C(N)Br)c1ccccc1. The van der Waals surface area contributed by atoms with E-state index in [9.17, 15) is 0 Å². The lowest BCUT2D eigenvalue weighted by molar-refractivity contribution is 1.38. The number of hydrogen-bond donors (Lipinski definition) is 1. The Kier molecular flexibility index (Phi) is 3.64. The minimum Gasteiger partial charge on any atom is -0.378 e. The maximum atomic E-state index is 5.39. The Morgan fingerprint density at radius 3 is 2.38 bits per heavy atom. The molecule has 4 heteroatoms. The number of nitrogens with two attached hydrogens (primary N) is 1. The predicted molar refractivity (Wildman–Crippen MR) is 59.5 cm³/mol. The van der Waals surface area contributed by atoms with E-state index in [2.05, 4.69) is 25.9 Å². The zero-order chi connectivity index (χ0) is 9.68. The van der Waals surface area contributed by atoms with Gasteiger partial charge in [0.1, 0.15) is 0 Å². The molecule has 2 N–H and O–H groups in total. The maximum Gasteiger partial charge on any atom is 0.169 e. The average molecular weight is 240 g/mol. The fourth-order valence-electron chi connectivity index (χ4n) is 0.932. The maximum absolute atomic E-state index is 5.39. The van der Waals surface area contributed by atoms with Crippen molar-refractivity contribution in [1.82, 2.24) is 0 Å². The number of nitrogens with zero attached hydrogens (tertiary/aromatic N) is 2. The summed E-state index contributed by atoms with van der Waals surface area (Å²) in [5, 5.41) is 0. The Hall–Kier alpha value is -1.16. The molecule has 0 unspecified atom stereocenters. The second kappa shape index (κ2) is 4.77. The van der Waals surface area contributed by atoms with E-state index in [0.29, 0.717) is 10.6 Å². The molecule has 0 aliphatic heterocycles. The van der Waals surface area contributed by atoms with Crippen LogP contribution in [-0.2, 0) is 0 Å². The smallest absolute Gasteiger partial charge is 0.169 e. The molecule has 0 aliphatic carbocycles. The van der Waals surface area contributed by atoms with Gasteiger partial charge in [-0.25, -0.2) is 4.99 Å². The zero-order valence-corrected chi connectivity index (χ0v) is 8.82. The minimum atomic E-state index is 0.331. The molecule has 68 valence electrons. The fourth-order valence-corrected chi connectivity index (χ4v) is 1.10. The molecule has 1 aromatic rings. The van der Waals surface area contributed by atoms with Gasteiger partial charge in [-0.2, -0.15) is 0 Å². The molecular formula is C9H10BrN3. The summed E-state index contributed by atoms with van der Waals surface area (Å²) in [6.45, 7) is 0. The van der Waals surface area contributed by atoms with Crippen molar-refractivity contribution in [3.05, 3.63) is 35.9 Å². The van der Waals surface area contributed by atoms with E-state index in [1.807, 2.05) is 30.3 Å². The van der Waals surface area contributed by atoms with E-state index in [1.54, 1.807) is 7.05 Å². The van der Waals surface area contributed by atoms with Crippen molar-refractivity contribution in [1.29, 1.82) is 0 Å². The lowest BCUT2D eigenvalue weighted by atomic mass is 10.2. The molecule has 0 radical (unpaired) electrons. The second-order valence-corrected chi connectivity index (χ2v) is 3.16. The van der Waals surface area contributed by atoms with E-state index in [1.165, 1.54) is 0 Å². The monoisotopic (exact) mass is 239 g/mol. The first-order chi connectivity index (χ1) is 6.24. The van der Waals surface area contributed by atoms with Crippen LogP contribution < -0.4 is 5.73 Å². The van der Waals surface area contributed by atoms with Gasteiger partial charge in [-0.05, 0) is 15.9 Å². The van der Waals surface area contributed by atoms with Crippen molar-refractivity contribution < 1.29 is 0 Å². The first-order valence-corrected chi connectivity index (χ1v) is 4.55. The van der Waals surface area contributed by atoms with Crippen molar-refractivity contribution in [2.24, 2.45) is 15.7 Å². The van der Waals surface area contributed by atoms with Gasteiger partial charge in [0, 0.05) is 12.6 Å². The van der Waals surface area contributed by atoms with Crippen LogP contribution in [0.5, 0.6) is 0 Å². The average Bonchev–Trinajstić information content (AvgIpc) is 2.15. The van der Waals surface area contributed by atoms with Crippen LogP contribution in [0.3, 0.4) is 0 Å². The van der Waals surface area contributed by atoms with Crippen molar-refractivity contribution in [2.45, 2.75) is 0 Å². The van der Waals surface area contributed by atoms with Gasteiger partial charge in [-0.1, -0.05) is 30.3 Å². The highest BCUT2D eigenvalue weighted by Gasteiger charge is 1.98. The largest absolute Gasteiger partial charge is 0.378 e. The molecule has 0 amide bonds. The van der Waals surface area contributed by atoms with Crippen LogP contribution in [0, 0.1) is 0 Å². The van der Waals surface area contributed by atoms with Gasteiger partial charge < -0.3 is 5.73 Å². The van der Waals surface area contributed by atoms with Crippen LogP contribution in [0.15, 0.2) is 40.3 Å². The summed E-state index contributed by atoms with van der Waals surface area (Å²) in [6.07, 6.45) is 0. The molecule has 0 atom stereocenters. The molecule has 0 saturated carbocycles.